The number of allylic oxidation sites excluding steroid dienone is 1. The Morgan fingerprint density at radius 3 is 1.71 bits per heavy atom. The molecule has 0 radical (unpaired) electrons. The van der Waals surface area contributed by atoms with Gasteiger partial charge >= 0.3 is 23.9 Å². The first-order valence-electron chi connectivity index (χ1n) is 16.2. The van der Waals surface area contributed by atoms with Crippen LogP contribution in [0.4, 0.5) is 0 Å². The summed E-state index contributed by atoms with van der Waals surface area (Å²) in [6.45, 7) is 27.5. The molecule has 1 heterocycles. The molecule has 276 valence electrons. The van der Waals surface area contributed by atoms with Gasteiger partial charge in [-0.1, -0.05) is 64.4 Å². The molecule has 14 heteroatoms. The van der Waals surface area contributed by atoms with E-state index in [1.807, 2.05) is 40.7 Å². The van der Waals surface area contributed by atoms with Crippen molar-refractivity contribution in [2.24, 2.45) is 10.8 Å². The molecule has 1 aromatic rings. The lowest BCUT2D eigenvalue weighted by atomic mass is 9.96. The maximum atomic E-state index is 12.4. The fourth-order valence-corrected chi connectivity index (χ4v) is 6.53. The van der Waals surface area contributed by atoms with Gasteiger partial charge in [0.25, 0.3) is 5.70 Å². The van der Waals surface area contributed by atoms with Crippen molar-refractivity contribution in [1.82, 2.24) is 0 Å². The number of esters is 4. The second-order valence-electron chi connectivity index (χ2n) is 13.5. The first-order chi connectivity index (χ1) is 23.9. The minimum Gasteiger partial charge on any atom is -0.492 e. The average Bonchev–Trinajstić information content (AvgIpc) is 3.51. The lowest BCUT2D eigenvalue weighted by molar-refractivity contribution is -0.152. The predicted octanol–water partition coefficient (Wildman–Crippen LogP) is 7.50. The second kappa shape index (κ2) is 19.8. The van der Waals surface area contributed by atoms with Crippen LogP contribution in [0.25, 0.3) is 4.85 Å². The Balaban J connectivity index is 1.96. The summed E-state index contributed by atoms with van der Waals surface area (Å²) in [6.07, 6.45) is 0.954. The van der Waals surface area contributed by atoms with E-state index in [-0.39, 0.29) is 58.2 Å². The molecule has 51 heavy (non-hydrogen) atoms. The summed E-state index contributed by atoms with van der Waals surface area (Å²) in [5.74, 6) is -0.737. The van der Waals surface area contributed by atoms with Gasteiger partial charge in [0, 0.05) is 34.8 Å². The van der Waals surface area contributed by atoms with Gasteiger partial charge in [-0.3, -0.25) is 9.59 Å². The van der Waals surface area contributed by atoms with Crippen LogP contribution >= 0.6 is 23.5 Å². The topological polar surface area (TPSA) is 152 Å². The van der Waals surface area contributed by atoms with E-state index in [9.17, 15) is 24.4 Å². The van der Waals surface area contributed by atoms with E-state index >= 15 is 0 Å². The molecule has 0 unspecified atom stereocenters. The van der Waals surface area contributed by atoms with Gasteiger partial charge in [-0.2, -0.15) is 0 Å². The summed E-state index contributed by atoms with van der Waals surface area (Å²) < 4.78 is 33.9. The summed E-state index contributed by atoms with van der Waals surface area (Å²) in [6, 6.07) is 3.74. The van der Waals surface area contributed by atoms with Crippen molar-refractivity contribution in [2.75, 3.05) is 39.6 Å². The third kappa shape index (κ3) is 14.4. The summed E-state index contributed by atoms with van der Waals surface area (Å²) in [7, 11) is 0. The molecule has 0 aromatic heterocycles. The minimum absolute atomic E-state index is 0.0455. The standard InChI is InChI=1S/C37H46N2O10S2/c1-23(2)33(42)48-21-36(6,7)19-46-28(40)13-11-15-44-27-17-25(5)30(32-31(27)50-35(51-32)26(18-38)39-10)45-16-12-14-29(41)47-20-37(8,9)22-49-34(43)24(3)4/h17H,1,3,11-16,19-22H2,2,4-9H3/b35-26+. The second-order valence-corrected chi connectivity index (χ2v) is 15.8. The SMILES string of the molecule is [C-]#[N+]/C(C#N)=C1\Sc2c(OCCCC(=O)OCC(C)(C)COC(=O)C(=C)C)cc(C)c(OCCCC(=O)OCC(C)(C)COC(=O)C(=C)C)c2S1. The zero-order valence-electron chi connectivity index (χ0n) is 30.4. The third-order valence-electron chi connectivity index (χ3n) is 6.83. The predicted molar refractivity (Wildman–Crippen MR) is 193 cm³/mol. The number of aryl methyl sites for hydroxylation is 1. The Morgan fingerprint density at radius 1 is 0.804 bits per heavy atom. The van der Waals surface area contributed by atoms with Crippen molar-refractivity contribution < 1.29 is 47.6 Å². The van der Waals surface area contributed by atoms with Gasteiger partial charge in [0.15, 0.2) is 0 Å². The quantitative estimate of drug-likeness (QED) is 0.0324. The van der Waals surface area contributed by atoms with Crippen LogP contribution in [0.15, 0.2) is 50.1 Å². The Labute approximate surface area is 308 Å². The van der Waals surface area contributed by atoms with Crippen molar-refractivity contribution >= 4 is 47.4 Å². The van der Waals surface area contributed by atoms with Crippen LogP contribution in [0.2, 0.25) is 0 Å². The number of fused-ring (bicyclic) bond motifs is 1. The highest BCUT2D eigenvalue weighted by molar-refractivity contribution is 8.24. The van der Waals surface area contributed by atoms with Crippen LogP contribution in [0, 0.1) is 35.7 Å². The molecule has 0 bridgehead atoms. The van der Waals surface area contributed by atoms with E-state index in [2.05, 4.69) is 18.0 Å². The van der Waals surface area contributed by atoms with Crippen LogP contribution < -0.4 is 9.47 Å². The summed E-state index contributed by atoms with van der Waals surface area (Å²) >= 11 is 2.49. The number of carbonyl (C=O) groups excluding carboxylic acids is 4. The van der Waals surface area contributed by atoms with Crippen LogP contribution in [0.3, 0.4) is 0 Å². The van der Waals surface area contributed by atoms with Crippen LogP contribution in [-0.4, -0.2) is 63.5 Å². The van der Waals surface area contributed by atoms with Gasteiger partial charge in [-0.25, -0.2) is 19.7 Å². The van der Waals surface area contributed by atoms with Gasteiger partial charge in [0.1, 0.15) is 11.5 Å². The highest BCUT2D eigenvalue weighted by Gasteiger charge is 2.30. The smallest absolute Gasteiger partial charge is 0.333 e. The van der Waals surface area contributed by atoms with Crippen molar-refractivity contribution in [2.45, 2.75) is 83.9 Å². The van der Waals surface area contributed by atoms with Crippen molar-refractivity contribution in [3.05, 3.63) is 57.3 Å². The molecule has 0 atom stereocenters. The normalized spacial score (nSPS) is 13.1. The molecule has 0 amide bonds. The van der Waals surface area contributed by atoms with E-state index in [1.165, 1.54) is 23.5 Å². The number of nitriles is 1. The van der Waals surface area contributed by atoms with Gasteiger partial charge in [0.05, 0.1) is 66.3 Å². The molecular weight excluding hydrogens is 697 g/mol. The van der Waals surface area contributed by atoms with Crippen LogP contribution in [-0.2, 0) is 38.1 Å². The number of benzene rings is 1. The Hall–Kier alpha value is -4.40. The molecule has 2 rings (SSSR count). The number of rotatable bonds is 20. The largest absolute Gasteiger partial charge is 0.492 e. The van der Waals surface area contributed by atoms with Gasteiger partial charge in [-0.15, -0.1) is 0 Å². The molecule has 1 aliphatic heterocycles. The maximum absolute atomic E-state index is 12.4. The highest BCUT2D eigenvalue weighted by atomic mass is 32.2. The molecule has 0 N–H and O–H groups in total. The minimum atomic E-state index is -0.573. The molecule has 0 aliphatic carbocycles. The first-order valence-corrected chi connectivity index (χ1v) is 17.8. The zero-order valence-corrected chi connectivity index (χ0v) is 32.0. The third-order valence-corrected chi connectivity index (χ3v) is 9.42. The molecular formula is C37H46N2O10S2. The Bertz CT molecular complexity index is 1620. The maximum Gasteiger partial charge on any atom is 0.333 e. The number of thioether (sulfide) groups is 2. The van der Waals surface area contributed by atoms with E-state index < -0.39 is 34.7 Å². The fourth-order valence-electron chi connectivity index (χ4n) is 3.95. The highest BCUT2D eigenvalue weighted by Crippen LogP contribution is 2.59. The fraction of sp³-hybridized carbons (Fsp3) is 0.514. The van der Waals surface area contributed by atoms with E-state index in [0.717, 1.165) is 5.56 Å². The summed E-state index contributed by atoms with van der Waals surface area (Å²) in [4.78, 5) is 52.9. The van der Waals surface area contributed by atoms with E-state index in [0.29, 0.717) is 49.5 Å². The number of hydrogen-bond acceptors (Lipinski definition) is 13. The number of carbonyl (C=O) groups is 4. The lowest BCUT2D eigenvalue weighted by Crippen LogP contribution is -2.28. The van der Waals surface area contributed by atoms with Crippen molar-refractivity contribution in [1.29, 1.82) is 5.26 Å². The molecule has 0 saturated heterocycles. The Kier molecular flexibility index (Phi) is 16.6. The number of nitrogens with zero attached hydrogens (tertiary/aromatic N) is 2. The molecule has 0 saturated carbocycles. The molecule has 0 fully saturated rings. The molecule has 0 spiro atoms. The zero-order chi connectivity index (χ0) is 38.4. The average molecular weight is 743 g/mol. The monoisotopic (exact) mass is 742 g/mol. The first kappa shape index (κ1) is 42.8. The molecule has 12 nitrogen and oxygen atoms in total. The van der Waals surface area contributed by atoms with Gasteiger partial charge < -0.3 is 28.4 Å². The van der Waals surface area contributed by atoms with Gasteiger partial charge in [0.2, 0.25) is 0 Å². The van der Waals surface area contributed by atoms with Crippen LogP contribution in [0.5, 0.6) is 11.5 Å². The lowest BCUT2D eigenvalue weighted by Gasteiger charge is -2.23. The number of hydrogen-bond donors (Lipinski definition) is 0. The van der Waals surface area contributed by atoms with Gasteiger partial charge in [-0.05, 0) is 45.2 Å². The molecule has 1 aromatic carbocycles. The van der Waals surface area contributed by atoms with Crippen molar-refractivity contribution in [3.8, 4) is 17.6 Å². The summed E-state index contributed by atoms with van der Waals surface area (Å²) in [5, 5.41) is 9.50. The number of ether oxygens (including phenoxy) is 6. The van der Waals surface area contributed by atoms with E-state index in [1.54, 1.807) is 19.9 Å². The Morgan fingerprint density at radius 2 is 1.25 bits per heavy atom. The van der Waals surface area contributed by atoms with Crippen LogP contribution in [0.1, 0.15) is 72.8 Å². The molecule has 1 aliphatic rings. The van der Waals surface area contributed by atoms with E-state index in [4.69, 9.17) is 35.0 Å². The summed E-state index contributed by atoms with van der Waals surface area (Å²) in [5.41, 5.74) is 0.147. The van der Waals surface area contributed by atoms with Crippen molar-refractivity contribution in [3.63, 3.8) is 0 Å².